The zero-order valence-electron chi connectivity index (χ0n) is 19.8. The van der Waals surface area contributed by atoms with Gasteiger partial charge in [0.05, 0.1) is 14.2 Å². The van der Waals surface area contributed by atoms with Gasteiger partial charge in [0.2, 0.25) is 5.88 Å². The Hall–Kier alpha value is -3.81. The van der Waals surface area contributed by atoms with Crippen molar-refractivity contribution < 1.29 is 19.1 Å². The largest absolute Gasteiger partial charge is 0.497 e. The predicted molar refractivity (Wildman–Crippen MR) is 127 cm³/mol. The van der Waals surface area contributed by atoms with Crippen LogP contribution in [-0.4, -0.2) is 48.2 Å². The van der Waals surface area contributed by atoms with Crippen molar-refractivity contribution in [3.8, 4) is 11.6 Å². The molecular formula is C25H30N4O4. The maximum absolute atomic E-state index is 13.4. The number of rotatable bonds is 7. The molecule has 1 aromatic heterocycles. The summed E-state index contributed by atoms with van der Waals surface area (Å²) in [6.07, 6.45) is 0. The van der Waals surface area contributed by atoms with Gasteiger partial charge in [0, 0.05) is 18.8 Å². The first-order valence-corrected chi connectivity index (χ1v) is 10.6. The Balaban J connectivity index is 1.90. The molecule has 0 fully saturated rings. The first-order chi connectivity index (χ1) is 15.6. The SMILES string of the molecule is COc1ccc(C(C(=O)Nc2ccc(C(C)(C)C)cc2)N(C)C(=O)c2cc(OC)n[nH]2)cc1. The molecule has 1 atom stereocenters. The monoisotopic (exact) mass is 450 g/mol. The zero-order valence-corrected chi connectivity index (χ0v) is 19.8. The molecule has 3 rings (SSSR count). The van der Waals surface area contributed by atoms with Gasteiger partial charge in [0.15, 0.2) is 0 Å². The van der Waals surface area contributed by atoms with Gasteiger partial charge in [-0.25, -0.2) is 0 Å². The van der Waals surface area contributed by atoms with Crippen LogP contribution in [0.4, 0.5) is 5.69 Å². The number of nitrogens with one attached hydrogen (secondary N) is 2. The Morgan fingerprint density at radius 2 is 1.64 bits per heavy atom. The quantitative estimate of drug-likeness (QED) is 0.563. The summed E-state index contributed by atoms with van der Waals surface area (Å²) >= 11 is 0. The van der Waals surface area contributed by atoms with Crippen molar-refractivity contribution in [1.82, 2.24) is 15.1 Å². The second kappa shape index (κ2) is 9.77. The topological polar surface area (TPSA) is 96.6 Å². The first-order valence-electron chi connectivity index (χ1n) is 10.6. The Morgan fingerprint density at radius 3 is 2.15 bits per heavy atom. The first kappa shape index (κ1) is 23.8. The zero-order chi connectivity index (χ0) is 24.2. The molecular weight excluding hydrogens is 420 g/mol. The van der Waals surface area contributed by atoms with Gasteiger partial charge in [-0.1, -0.05) is 45.0 Å². The Kier molecular flexibility index (Phi) is 7.06. The molecule has 8 heteroatoms. The van der Waals surface area contributed by atoms with Crippen LogP contribution in [-0.2, 0) is 10.2 Å². The van der Waals surface area contributed by atoms with Crippen molar-refractivity contribution >= 4 is 17.5 Å². The number of benzene rings is 2. The van der Waals surface area contributed by atoms with Crippen LogP contribution >= 0.6 is 0 Å². The van der Waals surface area contributed by atoms with E-state index in [2.05, 4.69) is 36.3 Å². The molecule has 0 radical (unpaired) electrons. The number of ether oxygens (including phenoxy) is 2. The minimum absolute atomic E-state index is 0.00589. The molecule has 1 unspecified atom stereocenters. The van der Waals surface area contributed by atoms with Crippen molar-refractivity contribution in [2.45, 2.75) is 32.2 Å². The van der Waals surface area contributed by atoms with Crippen molar-refractivity contribution in [2.75, 3.05) is 26.6 Å². The molecule has 1 heterocycles. The van der Waals surface area contributed by atoms with Crippen molar-refractivity contribution in [2.24, 2.45) is 0 Å². The molecule has 0 saturated heterocycles. The minimum atomic E-state index is -0.889. The second-order valence-electron chi connectivity index (χ2n) is 8.73. The van der Waals surface area contributed by atoms with Gasteiger partial charge in [0.1, 0.15) is 17.5 Å². The van der Waals surface area contributed by atoms with Crippen molar-refractivity contribution in [1.29, 1.82) is 0 Å². The molecule has 3 aromatic rings. The van der Waals surface area contributed by atoms with Gasteiger partial charge < -0.3 is 19.7 Å². The highest BCUT2D eigenvalue weighted by molar-refractivity contribution is 6.01. The van der Waals surface area contributed by atoms with Crippen LogP contribution < -0.4 is 14.8 Å². The molecule has 0 spiro atoms. The number of aromatic amines is 1. The minimum Gasteiger partial charge on any atom is -0.497 e. The Bertz CT molecular complexity index is 1100. The van der Waals surface area contributed by atoms with Crippen LogP contribution in [0.15, 0.2) is 54.6 Å². The highest BCUT2D eigenvalue weighted by Crippen LogP contribution is 2.27. The average molecular weight is 451 g/mol. The Morgan fingerprint density at radius 1 is 1.00 bits per heavy atom. The van der Waals surface area contributed by atoms with Gasteiger partial charge in [-0.2, -0.15) is 0 Å². The lowest BCUT2D eigenvalue weighted by Gasteiger charge is -2.27. The van der Waals surface area contributed by atoms with Gasteiger partial charge in [-0.15, -0.1) is 5.10 Å². The average Bonchev–Trinajstić information content (AvgIpc) is 3.28. The molecule has 0 saturated carbocycles. The van der Waals surface area contributed by atoms with Gasteiger partial charge in [-0.05, 0) is 40.8 Å². The van der Waals surface area contributed by atoms with Crippen molar-refractivity contribution in [3.63, 3.8) is 0 Å². The Labute approximate surface area is 193 Å². The molecule has 174 valence electrons. The number of likely N-dealkylation sites (N-methyl/N-ethyl adjacent to an activating group) is 1. The summed E-state index contributed by atoms with van der Waals surface area (Å²) in [6, 6.07) is 15.4. The van der Waals surface area contributed by atoms with E-state index in [1.807, 2.05) is 24.3 Å². The summed E-state index contributed by atoms with van der Waals surface area (Å²) < 4.78 is 10.3. The second-order valence-corrected chi connectivity index (χ2v) is 8.73. The smallest absolute Gasteiger partial charge is 0.272 e. The third kappa shape index (κ3) is 5.52. The number of hydrogen-bond donors (Lipinski definition) is 2. The third-order valence-corrected chi connectivity index (χ3v) is 5.40. The lowest BCUT2D eigenvalue weighted by Crippen LogP contribution is -2.38. The van der Waals surface area contributed by atoms with Crippen molar-refractivity contribution in [3.05, 3.63) is 71.4 Å². The fourth-order valence-corrected chi connectivity index (χ4v) is 3.43. The highest BCUT2D eigenvalue weighted by Gasteiger charge is 2.30. The summed E-state index contributed by atoms with van der Waals surface area (Å²) in [6.45, 7) is 6.39. The maximum Gasteiger partial charge on any atom is 0.272 e. The van der Waals surface area contributed by atoms with Crippen LogP contribution in [0.25, 0.3) is 0 Å². The fraction of sp³-hybridized carbons (Fsp3) is 0.320. The summed E-state index contributed by atoms with van der Waals surface area (Å²) in [5.41, 5.74) is 2.67. The van der Waals surface area contributed by atoms with Crippen LogP contribution in [0.1, 0.15) is 48.4 Å². The van der Waals surface area contributed by atoms with E-state index in [-0.39, 0.29) is 22.9 Å². The number of H-pyrrole nitrogens is 1. The fourth-order valence-electron chi connectivity index (χ4n) is 3.43. The molecule has 0 aliphatic carbocycles. The highest BCUT2D eigenvalue weighted by atomic mass is 16.5. The normalized spacial score (nSPS) is 12.1. The number of hydrogen-bond acceptors (Lipinski definition) is 5. The molecule has 0 aliphatic rings. The van der Waals surface area contributed by atoms with Crippen LogP contribution in [0, 0.1) is 0 Å². The number of carbonyl (C=O) groups excluding carboxylic acids is 2. The molecule has 2 amide bonds. The van der Waals surface area contributed by atoms with E-state index in [4.69, 9.17) is 9.47 Å². The molecule has 33 heavy (non-hydrogen) atoms. The molecule has 2 aromatic carbocycles. The third-order valence-electron chi connectivity index (χ3n) is 5.40. The number of amides is 2. The number of nitrogens with zero attached hydrogens (tertiary/aromatic N) is 2. The van der Waals surface area contributed by atoms with Crippen LogP contribution in [0.2, 0.25) is 0 Å². The summed E-state index contributed by atoms with van der Waals surface area (Å²) in [4.78, 5) is 27.9. The van der Waals surface area contributed by atoms with E-state index in [1.165, 1.54) is 18.1 Å². The van der Waals surface area contributed by atoms with E-state index >= 15 is 0 Å². The lowest BCUT2D eigenvalue weighted by atomic mass is 9.87. The van der Waals surface area contributed by atoms with Crippen LogP contribution in [0.5, 0.6) is 11.6 Å². The molecule has 2 N–H and O–H groups in total. The van der Waals surface area contributed by atoms with E-state index in [1.54, 1.807) is 38.4 Å². The van der Waals surface area contributed by atoms with Gasteiger partial charge >= 0.3 is 0 Å². The van der Waals surface area contributed by atoms with Crippen LogP contribution in [0.3, 0.4) is 0 Å². The number of carbonyl (C=O) groups is 2. The van der Waals surface area contributed by atoms with Gasteiger partial charge in [0.25, 0.3) is 11.8 Å². The lowest BCUT2D eigenvalue weighted by molar-refractivity contribution is -0.120. The summed E-state index contributed by atoms with van der Waals surface area (Å²) in [5, 5.41) is 9.51. The predicted octanol–water partition coefficient (Wildman–Crippen LogP) is 4.18. The van der Waals surface area contributed by atoms with E-state index < -0.39 is 11.9 Å². The van der Waals surface area contributed by atoms with E-state index in [9.17, 15) is 9.59 Å². The maximum atomic E-state index is 13.4. The number of methoxy groups -OCH3 is 2. The number of aromatic nitrogens is 2. The molecule has 0 aliphatic heterocycles. The summed E-state index contributed by atoms with van der Waals surface area (Å²) in [5.74, 6) is 0.204. The van der Waals surface area contributed by atoms with E-state index in [0.717, 1.165) is 5.56 Å². The van der Waals surface area contributed by atoms with Gasteiger partial charge in [-0.3, -0.25) is 14.7 Å². The standard InChI is InChI=1S/C25H30N4O4/c1-25(2,3)17-9-11-18(12-10-17)26-23(30)22(16-7-13-19(32-5)14-8-16)29(4)24(31)20-15-21(33-6)28-27-20/h7-15,22H,1-6H3,(H,26,30)(H,27,28). The molecule has 0 bridgehead atoms. The number of anilines is 1. The van der Waals surface area contributed by atoms with E-state index in [0.29, 0.717) is 17.0 Å². The summed E-state index contributed by atoms with van der Waals surface area (Å²) in [7, 11) is 4.61. The molecule has 8 nitrogen and oxygen atoms in total.